The van der Waals surface area contributed by atoms with E-state index in [0.29, 0.717) is 32.8 Å². The van der Waals surface area contributed by atoms with Gasteiger partial charge in [-0.05, 0) is 50.9 Å². The van der Waals surface area contributed by atoms with Crippen LogP contribution in [0, 0.1) is 11.3 Å². The van der Waals surface area contributed by atoms with Crippen LogP contribution in [-0.2, 0) is 14.3 Å². The average Bonchev–Trinajstić information content (AvgIpc) is 3.15. The largest absolute Gasteiger partial charge is 0.450 e. The molecule has 1 spiro atoms. The number of carbonyl (C=O) groups excluding carboxylic acids is 3. The predicted molar refractivity (Wildman–Crippen MR) is 103 cm³/mol. The van der Waals surface area contributed by atoms with Crippen LogP contribution >= 0.6 is 0 Å². The maximum atomic E-state index is 13.0. The standard InChI is InChI=1S/C21H31N3O4/c1-2-28-20(27)24-13-11-23(12-14-24)19(26)17-15-21(17)7-9-22(10-8-21)18(25)16-5-3-4-6-16/h5,17H,2-4,6-15H2,1H3/t17-/m1/s1. The summed E-state index contributed by atoms with van der Waals surface area (Å²) in [4.78, 5) is 42.9. The number of hydrogen-bond donors (Lipinski definition) is 0. The minimum absolute atomic E-state index is 0.101. The predicted octanol–water partition coefficient (Wildman–Crippen LogP) is 2.03. The lowest BCUT2D eigenvalue weighted by Crippen LogP contribution is -2.51. The molecular weight excluding hydrogens is 358 g/mol. The average molecular weight is 389 g/mol. The monoisotopic (exact) mass is 389 g/mol. The first kappa shape index (κ1) is 19.3. The fourth-order valence-electron chi connectivity index (χ4n) is 5.02. The van der Waals surface area contributed by atoms with Crippen LogP contribution in [0.25, 0.3) is 0 Å². The Kier molecular flexibility index (Phi) is 5.34. The number of rotatable bonds is 3. The molecule has 1 atom stereocenters. The van der Waals surface area contributed by atoms with Crippen LogP contribution in [0.5, 0.6) is 0 Å². The molecule has 4 aliphatic rings. The van der Waals surface area contributed by atoms with E-state index in [2.05, 4.69) is 6.08 Å². The van der Waals surface area contributed by atoms with Gasteiger partial charge in [0.1, 0.15) is 0 Å². The number of likely N-dealkylation sites (tertiary alicyclic amines) is 1. The molecule has 2 heterocycles. The minimum Gasteiger partial charge on any atom is -0.450 e. The Hall–Kier alpha value is -2.05. The number of piperazine rings is 1. The van der Waals surface area contributed by atoms with Crippen molar-refractivity contribution in [3.8, 4) is 0 Å². The number of piperidine rings is 1. The minimum atomic E-state index is -0.285. The van der Waals surface area contributed by atoms with E-state index >= 15 is 0 Å². The van der Waals surface area contributed by atoms with Gasteiger partial charge in [-0.2, -0.15) is 0 Å². The van der Waals surface area contributed by atoms with E-state index in [9.17, 15) is 14.4 Å². The van der Waals surface area contributed by atoms with Crippen molar-refractivity contribution in [3.63, 3.8) is 0 Å². The molecule has 3 fully saturated rings. The smallest absolute Gasteiger partial charge is 0.409 e. The number of ether oxygens (including phenoxy) is 1. The van der Waals surface area contributed by atoms with E-state index in [4.69, 9.17) is 4.74 Å². The Morgan fingerprint density at radius 2 is 1.71 bits per heavy atom. The van der Waals surface area contributed by atoms with E-state index in [0.717, 1.165) is 57.2 Å². The molecule has 7 nitrogen and oxygen atoms in total. The second-order valence-corrected chi connectivity index (χ2v) is 8.54. The summed E-state index contributed by atoms with van der Waals surface area (Å²) in [7, 11) is 0. The first-order chi connectivity index (χ1) is 13.5. The van der Waals surface area contributed by atoms with E-state index < -0.39 is 0 Å². The highest BCUT2D eigenvalue weighted by Crippen LogP contribution is 2.60. The molecule has 3 amide bonds. The number of nitrogens with zero attached hydrogens (tertiary/aromatic N) is 3. The summed E-state index contributed by atoms with van der Waals surface area (Å²) in [6.07, 6.45) is 7.67. The Morgan fingerprint density at radius 3 is 2.32 bits per heavy atom. The number of hydrogen-bond acceptors (Lipinski definition) is 4. The molecule has 2 saturated heterocycles. The van der Waals surface area contributed by atoms with Crippen LogP contribution in [0.2, 0.25) is 0 Å². The van der Waals surface area contributed by atoms with E-state index in [1.54, 1.807) is 11.8 Å². The number of allylic oxidation sites excluding steroid dienone is 1. The van der Waals surface area contributed by atoms with Crippen molar-refractivity contribution in [1.29, 1.82) is 0 Å². The second kappa shape index (κ2) is 7.76. The summed E-state index contributed by atoms with van der Waals surface area (Å²) in [5.41, 5.74) is 1.09. The molecule has 2 aliphatic carbocycles. The molecule has 28 heavy (non-hydrogen) atoms. The Morgan fingerprint density at radius 1 is 1.04 bits per heavy atom. The van der Waals surface area contributed by atoms with Gasteiger partial charge in [-0.25, -0.2) is 4.79 Å². The van der Waals surface area contributed by atoms with Crippen molar-refractivity contribution in [2.75, 3.05) is 45.9 Å². The molecular formula is C21H31N3O4. The highest BCUT2D eigenvalue weighted by Gasteiger charge is 2.59. The van der Waals surface area contributed by atoms with Crippen molar-refractivity contribution in [1.82, 2.24) is 14.7 Å². The molecule has 0 aromatic rings. The van der Waals surface area contributed by atoms with Crippen molar-refractivity contribution in [2.45, 2.75) is 45.4 Å². The molecule has 0 aromatic heterocycles. The second-order valence-electron chi connectivity index (χ2n) is 8.54. The molecule has 0 N–H and O–H groups in total. The lowest BCUT2D eigenvalue weighted by atomic mass is 9.90. The van der Waals surface area contributed by atoms with E-state index in [1.165, 1.54) is 0 Å². The molecule has 0 aromatic carbocycles. The third-order valence-corrected chi connectivity index (χ3v) is 6.97. The molecule has 2 aliphatic heterocycles. The highest BCUT2D eigenvalue weighted by atomic mass is 16.6. The van der Waals surface area contributed by atoms with Crippen LogP contribution in [0.15, 0.2) is 11.6 Å². The molecule has 0 radical (unpaired) electrons. The Balaban J connectivity index is 1.25. The maximum Gasteiger partial charge on any atom is 0.409 e. The Bertz CT molecular complexity index is 673. The lowest BCUT2D eigenvalue weighted by molar-refractivity contribution is -0.135. The summed E-state index contributed by atoms with van der Waals surface area (Å²) in [6, 6.07) is 0. The lowest BCUT2D eigenvalue weighted by Gasteiger charge is -2.36. The summed E-state index contributed by atoms with van der Waals surface area (Å²) in [5, 5.41) is 0. The summed E-state index contributed by atoms with van der Waals surface area (Å²) >= 11 is 0. The topological polar surface area (TPSA) is 70.2 Å². The van der Waals surface area contributed by atoms with Gasteiger partial charge in [0.2, 0.25) is 11.8 Å². The van der Waals surface area contributed by atoms with E-state index in [1.807, 2.05) is 9.80 Å². The first-order valence-electron chi connectivity index (χ1n) is 10.7. The van der Waals surface area contributed by atoms with Gasteiger partial charge >= 0.3 is 6.09 Å². The molecule has 1 saturated carbocycles. The van der Waals surface area contributed by atoms with Crippen LogP contribution in [0.3, 0.4) is 0 Å². The van der Waals surface area contributed by atoms with Crippen LogP contribution in [0.1, 0.15) is 45.4 Å². The van der Waals surface area contributed by atoms with Crippen LogP contribution in [-0.4, -0.2) is 78.5 Å². The van der Waals surface area contributed by atoms with Crippen LogP contribution in [0.4, 0.5) is 4.79 Å². The SMILES string of the molecule is CCOC(=O)N1CCN(C(=O)[C@H]2CC23CCN(C(=O)C2=CCCC2)CC3)CC1. The van der Waals surface area contributed by atoms with Gasteiger partial charge in [-0.1, -0.05) is 6.08 Å². The molecule has 4 rings (SSSR count). The zero-order chi connectivity index (χ0) is 19.7. The van der Waals surface area contributed by atoms with Gasteiger partial charge in [-0.15, -0.1) is 0 Å². The van der Waals surface area contributed by atoms with Gasteiger partial charge in [0, 0.05) is 50.8 Å². The fourth-order valence-corrected chi connectivity index (χ4v) is 5.02. The summed E-state index contributed by atoms with van der Waals surface area (Å²) < 4.78 is 5.04. The molecule has 7 heteroatoms. The molecule has 154 valence electrons. The van der Waals surface area contributed by atoms with Crippen molar-refractivity contribution in [2.24, 2.45) is 11.3 Å². The summed E-state index contributed by atoms with van der Waals surface area (Å²) in [6.45, 7) is 5.98. The normalized spacial score (nSPS) is 26.2. The van der Waals surface area contributed by atoms with Crippen molar-refractivity contribution in [3.05, 3.63) is 11.6 Å². The van der Waals surface area contributed by atoms with E-state index in [-0.39, 0.29) is 29.2 Å². The van der Waals surface area contributed by atoms with Gasteiger partial charge in [0.25, 0.3) is 0 Å². The van der Waals surface area contributed by atoms with Gasteiger partial charge in [-0.3, -0.25) is 9.59 Å². The fraction of sp³-hybridized carbons (Fsp3) is 0.762. The highest BCUT2D eigenvalue weighted by molar-refractivity contribution is 5.94. The quantitative estimate of drug-likeness (QED) is 0.741. The maximum absolute atomic E-state index is 13.0. The zero-order valence-electron chi connectivity index (χ0n) is 16.8. The van der Waals surface area contributed by atoms with Gasteiger partial charge < -0.3 is 19.4 Å². The van der Waals surface area contributed by atoms with Crippen molar-refractivity contribution < 1.29 is 19.1 Å². The zero-order valence-corrected chi connectivity index (χ0v) is 16.8. The Labute approximate surface area is 166 Å². The van der Waals surface area contributed by atoms with Crippen molar-refractivity contribution >= 4 is 17.9 Å². The van der Waals surface area contributed by atoms with Crippen LogP contribution < -0.4 is 0 Å². The van der Waals surface area contributed by atoms with Gasteiger partial charge in [0.15, 0.2) is 0 Å². The third kappa shape index (κ3) is 3.63. The first-order valence-corrected chi connectivity index (χ1v) is 10.7. The molecule has 0 bridgehead atoms. The number of carbonyl (C=O) groups is 3. The summed E-state index contributed by atoms with van der Waals surface area (Å²) in [5.74, 6) is 0.553. The number of amides is 3. The van der Waals surface area contributed by atoms with Gasteiger partial charge in [0.05, 0.1) is 6.61 Å². The molecule has 0 unspecified atom stereocenters. The third-order valence-electron chi connectivity index (χ3n) is 6.97.